The molecule has 0 aliphatic heterocycles. The third-order valence-electron chi connectivity index (χ3n) is 4.33. The van der Waals surface area contributed by atoms with Gasteiger partial charge in [0.05, 0.1) is 7.11 Å². The summed E-state index contributed by atoms with van der Waals surface area (Å²) in [5.74, 6) is 2.49. The van der Waals surface area contributed by atoms with Gasteiger partial charge in [-0.15, -0.1) is 0 Å². The zero-order valence-electron chi connectivity index (χ0n) is 12.8. The quantitative estimate of drug-likeness (QED) is 0.844. The number of rotatable bonds is 6. The van der Waals surface area contributed by atoms with E-state index in [4.69, 9.17) is 16.3 Å². The molecule has 3 heteroatoms. The van der Waals surface area contributed by atoms with Crippen molar-refractivity contribution in [1.29, 1.82) is 0 Å². The molecule has 1 aromatic rings. The second-order valence-electron chi connectivity index (χ2n) is 6.17. The maximum absolute atomic E-state index is 6.13. The first-order valence-electron chi connectivity index (χ1n) is 7.66. The van der Waals surface area contributed by atoms with Gasteiger partial charge in [-0.1, -0.05) is 31.9 Å². The van der Waals surface area contributed by atoms with Gasteiger partial charge in [-0.2, -0.15) is 0 Å². The largest absolute Gasteiger partial charge is 0.496 e. The summed E-state index contributed by atoms with van der Waals surface area (Å²) in [5.41, 5.74) is 1.25. The monoisotopic (exact) mass is 295 g/mol. The Kier molecular flexibility index (Phi) is 5.74. The molecule has 0 aromatic heterocycles. The van der Waals surface area contributed by atoms with Crippen LogP contribution in [0.15, 0.2) is 18.2 Å². The van der Waals surface area contributed by atoms with Crippen LogP contribution in [0.5, 0.6) is 5.75 Å². The second kappa shape index (κ2) is 7.33. The van der Waals surface area contributed by atoms with Crippen LogP contribution in [-0.2, 0) is 6.42 Å². The Labute approximate surface area is 127 Å². The molecular formula is C17H26ClNO. The standard InChI is InChI=1S/C17H26ClNO/c1-12(2)19-11-14-6-4-5-13(14)9-15-10-16(18)7-8-17(15)20-3/h7-8,10,12-14,19H,4-6,9,11H2,1-3H3. The highest BCUT2D eigenvalue weighted by Crippen LogP contribution is 2.36. The number of methoxy groups -OCH3 is 1. The SMILES string of the molecule is COc1ccc(Cl)cc1CC1CCCC1CNC(C)C. The van der Waals surface area contributed by atoms with Crippen LogP contribution in [0.2, 0.25) is 5.02 Å². The van der Waals surface area contributed by atoms with E-state index in [9.17, 15) is 0 Å². The zero-order chi connectivity index (χ0) is 14.5. The predicted molar refractivity (Wildman–Crippen MR) is 85.7 cm³/mol. The van der Waals surface area contributed by atoms with Gasteiger partial charge >= 0.3 is 0 Å². The number of ether oxygens (including phenoxy) is 1. The Bertz CT molecular complexity index is 433. The smallest absolute Gasteiger partial charge is 0.122 e. The van der Waals surface area contributed by atoms with E-state index in [1.165, 1.54) is 24.8 Å². The van der Waals surface area contributed by atoms with Crippen LogP contribution in [0.25, 0.3) is 0 Å². The van der Waals surface area contributed by atoms with Gasteiger partial charge in [0.15, 0.2) is 0 Å². The average Bonchev–Trinajstić information content (AvgIpc) is 2.84. The lowest BCUT2D eigenvalue weighted by molar-refractivity contribution is 0.346. The minimum absolute atomic E-state index is 0.567. The lowest BCUT2D eigenvalue weighted by Gasteiger charge is -2.22. The highest BCUT2D eigenvalue weighted by Gasteiger charge is 2.28. The molecule has 0 amide bonds. The third-order valence-corrected chi connectivity index (χ3v) is 4.56. The van der Waals surface area contributed by atoms with E-state index in [1.807, 2.05) is 12.1 Å². The summed E-state index contributed by atoms with van der Waals surface area (Å²) in [4.78, 5) is 0. The summed E-state index contributed by atoms with van der Waals surface area (Å²) in [6, 6.07) is 6.51. The van der Waals surface area contributed by atoms with E-state index in [2.05, 4.69) is 25.2 Å². The first-order valence-corrected chi connectivity index (χ1v) is 8.03. The van der Waals surface area contributed by atoms with Gasteiger partial charge in [0.1, 0.15) is 5.75 Å². The Morgan fingerprint density at radius 3 is 2.75 bits per heavy atom. The zero-order valence-corrected chi connectivity index (χ0v) is 13.5. The summed E-state index contributed by atoms with van der Waals surface area (Å²) in [6.07, 6.45) is 5.08. The van der Waals surface area contributed by atoms with Crippen molar-refractivity contribution in [2.45, 2.75) is 45.6 Å². The van der Waals surface area contributed by atoms with E-state index in [0.29, 0.717) is 6.04 Å². The number of nitrogens with one attached hydrogen (secondary N) is 1. The van der Waals surface area contributed by atoms with Crippen LogP contribution in [0, 0.1) is 11.8 Å². The van der Waals surface area contributed by atoms with Crippen molar-refractivity contribution in [1.82, 2.24) is 5.32 Å². The van der Waals surface area contributed by atoms with Crippen LogP contribution in [0.3, 0.4) is 0 Å². The van der Waals surface area contributed by atoms with E-state index >= 15 is 0 Å². The van der Waals surface area contributed by atoms with Gasteiger partial charge in [0.25, 0.3) is 0 Å². The van der Waals surface area contributed by atoms with Crippen LogP contribution < -0.4 is 10.1 Å². The Morgan fingerprint density at radius 2 is 2.05 bits per heavy atom. The van der Waals surface area contributed by atoms with Crippen molar-refractivity contribution in [3.63, 3.8) is 0 Å². The van der Waals surface area contributed by atoms with Crippen LogP contribution >= 0.6 is 11.6 Å². The number of benzene rings is 1. The van der Waals surface area contributed by atoms with E-state index in [-0.39, 0.29) is 0 Å². The molecule has 1 aliphatic carbocycles. The van der Waals surface area contributed by atoms with E-state index in [0.717, 1.165) is 35.6 Å². The normalized spacial score (nSPS) is 22.4. The van der Waals surface area contributed by atoms with Gasteiger partial charge in [-0.25, -0.2) is 0 Å². The number of halogens is 1. The molecule has 1 aromatic carbocycles. The molecule has 2 rings (SSSR count). The molecule has 1 aliphatic rings. The number of hydrogen-bond acceptors (Lipinski definition) is 2. The van der Waals surface area contributed by atoms with Gasteiger partial charge in [-0.3, -0.25) is 0 Å². The topological polar surface area (TPSA) is 21.3 Å². The summed E-state index contributed by atoms with van der Waals surface area (Å²) >= 11 is 6.13. The summed E-state index contributed by atoms with van der Waals surface area (Å²) < 4.78 is 5.47. The highest BCUT2D eigenvalue weighted by atomic mass is 35.5. The summed E-state index contributed by atoms with van der Waals surface area (Å²) in [5, 5.41) is 4.39. The van der Waals surface area contributed by atoms with E-state index < -0.39 is 0 Å². The van der Waals surface area contributed by atoms with Crippen molar-refractivity contribution in [2.75, 3.05) is 13.7 Å². The van der Waals surface area contributed by atoms with Crippen LogP contribution in [-0.4, -0.2) is 19.7 Å². The highest BCUT2D eigenvalue weighted by molar-refractivity contribution is 6.30. The fourth-order valence-electron chi connectivity index (χ4n) is 3.23. The van der Waals surface area contributed by atoms with Crippen molar-refractivity contribution in [3.8, 4) is 5.75 Å². The Morgan fingerprint density at radius 1 is 1.30 bits per heavy atom. The molecule has 0 heterocycles. The molecule has 1 saturated carbocycles. The third kappa shape index (κ3) is 4.13. The van der Waals surface area contributed by atoms with Crippen molar-refractivity contribution in [2.24, 2.45) is 11.8 Å². The molecule has 112 valence electrons. The maximum atomic E-state index is 6.13. The first-order chi connectivity index (χ1) is 9.60. The summed E-state index contributed by atoms with van der Waals surface area (Å²) in [7, 11) is 1.74. The second-order valence-corrected chi connectivity index (χ2v) is 6.61. The fraction of sp³-hybridized carbons (Fsp3) is 0.647. The summed E-state index contributed by atoms with van der Waals surface area (Å²) in [6.45, 7) is 5.55. The Balaban J connectivity index is 2.02. The van der Waals surface area contributed by atoms with Gasteiger partial charge in [0.2, 0.25) is 0 Å². The molecule has 2 unspecified atom stereocenters. The van der Waals surface area contributed by atoms with E-state index in [1.54, 1.807) is 7.11 Å². The molecular weight excluding hydrogens is 270 g/mol. The van der Waals surface area contributed by atoms with Crippen LogP contribution in [0.4, 0.5) is 0 Å². The fourth-order valence-corrected chi connectivity index (χ4v) is 3.42. The van der Waals surface area contributed by atoms with Crippen molar-refractivity contribution < 1.29 is 4.74 Å². The predicted octanol–water partition coefficient (Wildman–Crippen LogP) is 4.31. The molecule has 0 bridgehead atoms. The van der Waals surface area contributed by atoms with Crippen molar-refractivity contribution in [3.05, 3.63) is 28.8 Å². The minimum atomic E-state index is 0.567. The van der Waals surface area contributed by atoms with Crippen molar-refractivity contribution >= 4 is 11.6 Å². The number of hydrogen-bond donors (Lipinski definition) is 1. The Hall–Kier alpha value is -0.730. The molecule has 0 saturated heterocycles. The molecule has 1 fully saturated rings. The average molecular weight is 296 g/mol. The molecule has 1 N–H and O–H groups in total. The molecule has 20 heavy (non-hydrogen) atoms. The lowest BCUT2D eigenvalue weighted by atomic mass is 9.89. The lowest BCUT2D eigenvalue weighted by Crippen LogP contribution is -2.31. The molecule has 0 spiro atoms. The first kappa shape index (κ1) is 15.7. The van der Waals surface area contributed by atoms with Gasteiger partial charge in [-0.05, 0) is 61.4 Å². The van der Waals surface area contributed by atoms with Gasteiger partial charge in [0, 0.05) is 11.1 Å². The van der Waals surface area contributed by atoms with Gasteiger partial charge < -0.3 is 10.1 Å². The van der Waals surface area contributed by atoms with Crippen LogP contribution in [0.1, 0.15) is 38.7 Å². The molecule has 2 atom stereocenters. The minimum Gasteiger partial charge on any atom is -0.496 e. The molecule has 0 radical (unpaired) electrons. The maximum Gasteiger partial charge on any atom is 0.122 e. The molecule has 2 nitrogen and oxygen atoms in total.